The summed E-state index contributed by atoms with van der Waals surface area (Å²) in [4.78, 5) is 0. The van der Waals surface area contributed by atoms with Gasteiger partial charge in [-0.1, -0.05) is 13.8 Å². The van der Waals surface area contributed by atoms with Crippen molar-refractivity contribution in [1.29, 1.82) is 0 Å². The second-order valence-corrected chi connectivity index (χ2v) is 12.4. The summed E-state index contributed by atoms with van der Waals surface area (Å²) in [6.45, 7) is 31.3. The van der Waals surface area contributed by atoms with Crippen molar-refractivity contribution in [3.8, 4) is 33.6 Å². The van der Waals surface area contributed by atoms with Crippen molar-refractivity contribution in [2.24, 2.45) is 0 Å². The van der Waals surface area contributed by atoms with E-state index in [9.17, 15) is 0 Å². The Labute approximate surface area is 234 Å². The molecule has 4 nitrogen and oxygen atoms in total. The number of aryl methyl sites for hydroxylation is 2. The monoisotopic (exact) mass is 518 g/mol. The number of nitrogens with zero attached hydrogens (tertiary/aromatic N) is 4. The Morgan fingerprint density at radius 3 is 0.974 bits per heavy atom. The Kier molecular flexibility index (Phi) is 6.14. The van der Waals surface area contributed by atoms with E-state index in [0.29, 0.717) is 0 Å². The van der Waals surface area contributed by atoms with Gasteiger partial charge in [-0.2, -0.15) is 10.2 Å². The van der Waals surface area contributed by atoms with Crippen LogP contribution in [0.2, 0.25) is 0 Å². The van der Waals surface area contributed by atoms with E-state index in [0.717, 1.165) is 22.8 Å². The zero-order chi connectivity index (χ0) is 28.9. The predicted octanol–water partition coefficient (Wildman–Crippen LogP) is 8.61. The molecule has 0 radical (unpaired) electrons. The van der Waals surface area contributed by atoms with E-state index < -0.39 is 0 Å². The molecule has 0 saturated carbocycles. The van der Waals surface area contributed by atoms with Crippen LogP contribution in [0.15, 0.2) is 0 Å². The smallest absolute Gasteiger partial charge is 0.0967 e. The summed E-state index contributed by atoms with van der Waals surface area (Å²) in [6, 6.07) is 0. The van der Waals surface area contributed by atoms with Gasteiger partial charge in [0.05, 0.1) is 22.8 Å². The highest BCUT2D eigenvalue weighted by molar-refractivity contribution is 5.95. The van der Waals surface area contributed by atoms with Crippen LogP contribution in [0.5, 0.6) is 0 Å². The summed E-state index contributed by atoms with van der Waals surface area (Å²) >= 11 is 0. The lowest BCUT2D eigenvalue weighted by Crippen LogP contribution is -2.20. The predicted molar refractivity (Wildman–Crippen MR) is 163 cm³/mol. The minimum absolute atomic E-state index is 0.179. The molecular weight excluding hydrogens is 476 g/mol. The Morgan fingerprint density at radius 1 is 0.333 bits per heavy atom. The highest BCUT2D eigenvalue weighted by atomic mass is 15.1. The summed E-state index contributed by atoms with van der Waals surface area (Å²) in [5, 5.41) is 18.6. The minimum atomic E-state index is -0.179. The lowest BCUT2D eigenvalue weighted by Gasteiger charge is -2.29. The van der Waals surface area contributed by atoms with Crippen molar-refractivity contribution in [2.45, 2.75) is 102 Å². The molecule has 0 aliphatic heterocycles. The summed E-state index contributed by atoms with van der Waals surface area (Å²) in [6.07, 6.45) is 0. The Balaban J connectivity index is 1.90. The van der Waals surface area contributed by atoms with E-state index in [-0.39, 0.29) is 5.41 Å². The minimum Gasteiger partial charge on any atom is -0.155 e. The molecule has 2 aromatic heterocycles. The molecule has 4 heteroatoms. The molecule has 1 aliphatic carbocycles. The fourth-order valence-electron chi connectivity index (χ4n) is 7.26. The standard InChI is InChI=1S/C35H42N4/c1-15-21(7)33(38-36-25(15)11)27-17(3)19(5)29-30-20(6)18(4)28(34-22(8)16(2)26(12)37-39-34)24(10)32(30)35(13,14)31(29)23(27)9/h1-14H3. The van der Waals surface area contributed by atoms with Crippen molar-refractivity contribution in [2.75, 3.05) is 0 Å². The first-order chi connectivity index (χ1) is 18.1. The molecule has 0 saturated heterocycles. The summed E-state index contributed by atoms with van der Waals surface area (Å²) < 4.78 is 0. The van der Waals surface area contributed by atoms with Gasteiger partial charge in [-0.05, 0) is 161 Å². The zero-order valence-corrected chi connectivity index (χ0v) is 26.3. The van der Waals surface area contributed by atoms with E-state index in [1.165, 1.54) is 89.0 Å². The lowest BCUT2D eigenvalue weighted by molar-refractivity contribution is 0.650. The Morgan fingerprint density at radius 2 is 0.641 bits per heavy atom. The molecule has 0 bridgehead atoms. The topological polar surface area (TPSA) is 51.6 Å². The summed E-state index contributed by atoms with van der Waals surface area (Å²) in [5.41, 5.74) is 24.7. The number of hydrogen-bond donors (Lipinski definition) is 0. The first kappa shape index (κ1) is 27.2. The van der Waals surface area contributed by atoms with Gasteiger partial charge in [0.2, 0.25) is 0 Å². The van der Waals surface area contributed by atoms with Crippen molar-refractivity contribution in [1.82, 2.24) is 20.4 Å². The molecule has 202 valence electrons. The van der Waals surface area contributed by atoms with Gasteiger partial charge in [0, 0.05) is 16.5 Å². The molecule has 0 unspecified atom stereocenters. The van der Waals surface area contributed by atoms with Gasteiger partial charge < -0.3 is 0 Å². The van der Waals surface area contributed by atoms with Crippen LogP contribution in [0.1, 0.15) is 92.0 Å². The number of rotatable bonds is 2. The average Bonchev–Trinajstić information content (AvgIpc) is 3.13. The van der Waals surface area contributed by atoms with E-state index in [2.05, 4.69) is 93.3 Å². The van der Waals surface area contributed by atoms with E-state index >= 15 is 0 Å². The van der Waals surface area contributed by atoms with Gasteiger partial charge in [-0.15, -0.1) is 10.2 Å². The van der Waals surface area contributed by atoms with Crippen LogP contribution < -0.4 is 0 Å². The van der Waals surface area contributed by atoms with Crippen LogP contribution in [0.25, 0.3) is 33.6 Å². The molecule has 2 heterocycles. The molecule has 0 amide bonds. The first-order valence-corrected chi connectivity index (χ1v) is 14.0. The third kappa shape index (κ3) is 3.49. The van der Waals surface area contributed by atoms with Crippen LogP contribution in [0.3, 0.4) is 0 Å². The molecular formula is C35H42N4. The van der Waals surface area contributed by atoms with Crippen molar-refractivity contribution >= 4 is 0 Å². The van der Waals surface area contributed by atoms with Gasteiger partial charge >= 0.3 is 0 Å². The third-order valence-corrected chi connectivity index (χ3v) is 10.1. The van der Waals surface area contributed by atoms with Gasteiger partial charge in [-0.25, -0.2) is 0 Å². The lowest BCUT2D eigenvalue weighted by atomic mass is 9.74. The zero-order valence-electron chi connectivity index (χ0n) is 26.3. The van der Waals surface area contributed by atoms with Crippen LogP contribution in [-0.4, -0.2) is 20.4 Å². The van der Waals surface area contributed by atoms with E-state index in [1.54, 1.807) is 0 Å². The SMILES string of the molecule is Cc1nnc(-c2c(C)c(C)c3c(c2C)C(C)(C)c2c(C)c(-c4nnc(C)c(C)c4C)c(C)c(C)c2-3)c(C)c1C. The number of fused-ring (bicyclic) bond motifs is 3. The third-order valence-electron chi connectivity index (χ3n) is 10.1. The quantitative estimate of drug-likeness (QED) is 0.266. The van der Waals surface area contributed by atoms with Crippen molar-refractivity contribution in [3.05, 3.63) is 78.1 Å². The normalized spacial score (nSPS) is 13.6. The van der Waals surface area contributed by atoms with Gasteiger partial charge in [0.1, 0.15) is 0 Å². The summed E-state index contributed by atoms with van der Waals surface area (Å²) in [5.74, 6) is 0. The van der Waals surface area contributed by atoms with Crippen molar-refractivity contribution in [3.63, 3.8) is 0 Å². The molecule has 1 aliphatic rings. The average molecular weight is 519 g/mol. The maximum absolute atomic E-state index is 4.76. The highest BCUT2D eigenvalue weighted by Crippen LogP contribution is 2.58. The molecule has 0 N–H and O–H groups in total. The van der Waals surface area contributed by atoms with Gasteiger partial charge in [-0.3, -0.25) is 0 Å². The fourth-order valence-corrected chi connectivity index (χ4v) is 7.26. The molecule has 2 aromatic carbocycles. The van der Waals surface area contributed by atoms with Crippen LogP contribution >= 0.6 is 0 Å². The molecule has 4 aromatic rings. The molecule has 5 rings (SSSR count). The van der Waals surface area contributed by atoms with Crippen molar-refractivity contribution < 1.29 is 0 Å². The molecule has 39 heavy (non-hydrogen) atoms. The number of benzene rings is 2. The maximum Gasteiger partial charge on any atom is 0.0967 e. The molecule has 0 spiro atoms. The van der Waals surface area contributed by atoms with E-state index in [4.69, 9.17) is 10.2 Å². The first-order valence-electron chi connectivity index (χ1n) is 14.0. The maximum atomic E-state index is 4.76. The number of hydrogen-bond acceptors (Lipinski definition) is 4. The largest absolute Gasteiger partial charge is 0.155 e. The van der Waals surface area contributed by atoms with Crippen LogP contribution in [-0.2, 0) is 5.41 Å². The Bertz CT molecular complexity index is 1610. The van der Waals surface area contributed by atoms with E-state index in [1.807, 2.05) is 13.8 Å². The van der Waals surface area contributed by atoms with Gasteiger partial charge in [0.15, 0.2) is 0 Å². The van der Waals surface area contributed by atoms with Crippen LogP contribution in [0.4, 0.5) is 0 Å². The highest BCUT2D eigenvalue weighted by Gasteiger charge is 2.43. The van der Waals surface area contributed by atoms with Gasteiger partial charge in [0.25, 0.3) is 0 Å². The van der Waals surface area contributed by atoms with Crippen LogP contribution in [0, 0.1) is 83.1 Å². The fraction of sp³-hybridized carbons (Fsp3) is 0.429. The molecule has 0 fully saturated rings. The molecule has 0 atom stereocenters. The Hall–Kier alpha value is -3.40. The summed E-state index contributed by atoms with van der Waals surface area (Å²) in [7, 11) is 0. The second-order valence-electron chi connectivity index (χ2n) is 12.4. The number of aromatic nitrogens is 4. The second kappa shape index (κ2) is 8.81.